The maximum absolute atomic E-state index is 11.8. The zero-order valence-corrected chi connectivity index (χ0v) is 13.3. The molecule has 1 aromatic heterocycles. The van der Waals surface area contributed by atoms with Crippen molar-refractivity contribution in [1.29, 1.82) is 0 Å². The van der Waals surface area contributed by atoms with Crippen LogP contribution in [-0.2, 0) is 22.1 Å². The highest BCUT2D eigenvalue weighted by Crippen LogP contribution is 2.10. The van der Waals surface area contributed by atoms with Gasteiger partial charge in [-0.3, -0.25) is 18.6 Å². The Kier molecular flexibility index (Phi) is 6.63. The first kappa shape index (κ1) is 17.4. The van der Waals surface area contributed by atoms with Crippen LogP contribution in [0.3, 0.4) is 0 Å². The molecule has 0 aliphatic carbocycles. The van der Waals surface area contributed by atoms with Gasteiger partial charge in [-0.1, -0.05) is 6.92 Å². The number of nitrogens with two attached hydrogens (primary N) is 1. The Bertz CT molecular complexity index is 610. The van der Waals surface area contributed by atoms with Crippen LogP contribution in [0.4, 0.5) is 11.5 Å². The lowest BCUT2D eigenvalue weighted by atomic mass is 10.3. The van der Waals surface area contributed by atoms with E-state index < -0.39 is 22.0 Å². The predicted molar refractivity (Wildman–Crippen MR) is 84.2 cm³/mol. The number of anilines is 2. The molecule has 1 aromatic rings. The average molecular weight is 318 g/mol. The fourth-order valence-corrected chi connectivity index (χ4v) is 2.18. The molecule has 1 heterocycles. The molecule has 0 aromatic carbocycles. The molecule has 9 heteroatoms. The Hall–Kier alpha value is -1.61. The van der Waals surface area contributed by atoms with Crippen molar-refractivity contribution in [3.63, 3.8) is 0 Å². The smallest absolute Gasteiger partial charge is 0.330 e. The van der Waals surface area contributed by atoms with Crippen molar-refractivity contribution >= 4 is 22.3 Å². The summed E-state index contributed by atoms with van der Waals surface area (Å²) in [5.74, 6) is 0.0751. The minimum atomic E-state index is -0.920. The van der Waals surface area contributed by atoms with Crippen LogP contribution in [0.5, 0.6) is 0 Å². The molecule has 0 spiro atoms. The second-order valence-corrected chi connectivity index (χ2v) is 6.49. The van der Waals surface area contributed by atoms with Crippen LogP contribution in [0.1, 0.15) is 13.3 Å². The summed E-state index contributed by atoms with van der Waals surface area (Å²) in [6.07, 6.45) is 2.26. The standard InChI is InChI=1S/C12H22N4O4S/c1-8(21(3)19)4-5-14-9-10(13)16(6-7-20-2)12(18)15-11(9)17/h8,14H,4-7,13H2,1-3H3,(H,15,17,18). The number of hydrogen-bond acceptors (Lipinski definition) is 6. The van der Waals surface area contributed by atoms with Gasteiger partial charge in [-0.05, 0) is 6.42 Å². The Morgan fingerprint density at radius 2 is 2.14 bits per heavy atom. The molecular weight excluding hydrogens is 296 g/mol. The Balaban J connectivity index is 2.89. The second kappa shape index (κ2) is 7.99. The molecule has 0 saturated carbocycles. The molecule has 21 heavy (non-hydrogen) atoms. The van der Waals surface area contributed by atoms with Gasteiger partial charge in [0.15, 0.2) is 0 Å². The van der Waals surface area contributed by atoms with Crippen LogP contribution in [0, 0.1) is 0 Å². The normalized spacial score (nSPS) is 13.9. The Morgan fingerprint density at radius 3 is 2.71 bits per heavy atom. The molecular formula is C12H22N4O4S. The first-order chi connectivity index (χ1) is 9.88. The molecule has 2 unspecified atom stereocenters. The van der Waals surface area contributed by atoms with Crippen LogP contribution >= 0.6 is 0 Å². The van der Waals surface area contributed by atoms with Gasteiger partial charge in [0.1, 0.15) is 11.5 Å². The van der Waals surface area contributed by atoms with Gasteiger partial charge in [0, 0.05) is 36.0 Å². The average Bonchev–Trinajstić information content (AvgIpc) is 2.41. The van der Waals surface area contributed by atoms with Crippen molar-refractivity contribution in [1.82, 2.24) is 9.55 Å². The molecule has 0 saturated heterocycles. The van der Waals surface area contributed by atoms with Gasteiger partial charge >= 0.3 is 5.69 Å². The summed E-state index contributed by atoms with van der Waals surface area (Å²) in [6.45, 7) is 2.87. The van der Waals surface area contributed by atoms with Gasteiger partial charge in [0.25, 0.3) is 5.56 Å². The third kappa shape index (κ3) is 4.71. The van der Waals surface area contributed by atoms with Crippen molar-refractivity contribution in [3.8, 4) is 0 Å². The summed E-state index contributed by atoms with van der Waals surface area (Å²) >= 11 is 0. The minimum absolute atomic E-state index is 0.0113. The van der Waals surface area contributed by atoms with E-state index in [-0.39, 0.29) is 23.3 Å². The highest BCUT2D eigenvalue weighted by molar-refractivity contribution is 7.84. The topological polar surface area (TPSA) is 119 Å². The molecule has 0 amide bonds. The summed E-state index contributed by atoms with van der Waals surface area (Å²) in [5.41, 5.74) is 4.89. The lowest BCUT2D eigenvalue weighted by Crippen LogP contribution is -2.35. The first-order valence-corrected chi connectivity index (χ1v) is 8.18. The summed E-state index contributed by atoms with van der Waals surface area (Å²) in [6, 6.07) is 0. The SMILES string of the molecule is COCCn1c(N)c(NCCC(C)S(C)=O)c(=O)[nH]c1=O. The third-order valence-corrected chi connectivity index (χ3v) is 4.55. The molecule has 2 atom stereocenters. The molecule has 0 fully saturated rings. The number of nitrogens with one attached hydrogen (secondary N) is 2. The van der Waals surface area contributed by atoms with E-state index in [2.05, 4.69) is 10.3 Å². The van der Waals surface area contributed by atoms with Gasteiger partial charge in [0.05, 0.1) is 13.2 Å². The van der Waals surface area contributed by atoms with E-state index in [0.717, 1.165) is 0 Å². The van der Waals surface area contributed by atoms with Gasteiger partial charge in [-0.2, -0.15) is 0 Å². The summed E-state index contributed by atoms with van der Waals surface area (Å²) in [5, 5.41) is 2.92. The maximum Gasteiger partial charge on any atom is 0.330 e. The quantitative estimate of drug-likeness (QED) is 0.585. The number of aromatic nitrogens is 2. The fraction of sp³-hybridized carbons (Fsp3) is 0.667. The summed E-state index contributed by atoms with van der Waals surface area (Å²) < 4.78 is 17.4. The second-order valence-electron chi connectivity index (χ2n) is 4.69. The number of aromatic amines is 1. The monoisotopic (exact) mass is 318 g/mol. The highest BCUT2D eigenvalue weighted by atomic mass is 32.2. The molecule has 1 rings (SSSR count). The summed E-state index contributed by atoms with van der Waals surface area (Å²) in [7, 11) is 0.592. The minimum Gasteiger partial charge on any atom is -0.383 e. The van der Waals surface area contributed by atoms with E-state index in [1.54, 1.807) is 6.26 Å². The van der Waals surface area contributed by atoms with Crippen molar-refractivity contribution in [2.75, 3.05) is 37.6 Å². The van der Waals surface area contributed by atoms with E-state index in [1.807, 2.05) is 6.92 Å². The number of hydrogen-bond donors (Lipinski definition) is 3. The zero-order valence-electron chi connectivity index (χ0n) is 12.5. The van der Waals surface area contributed by atoms with E-state index >= 15 is 0 Å². The van der Waals surface area contributed by atoms with E-state index in [4.69, 9.17) is 10.5 Å². The number of H-pyrrole nitrogens is 1. The fourth-order valence-electron chi connectivity index (χ4n) is 1.73. The van der Waals surface area contributed by atoms with Crippen LogP contribution in [0.25, 0.3) is 0 Å². The van der Waals surface area contributed by atoms with Gasteiger partial charge in [0.2, 0.25) is 0 Å². The summed E-state index contributed by atoms with van der Waals surface area (Å²) in [4.78, 5) is 25.7. The van der Waals surface area contributed by atoms with Gasteiger partial charge in [-0.25, -0.2) is 4.79 Å². The molecule has 0 aliphatic heterocycles. The van der Waals surface area contributed by atoms with E-state index in [0.29, 0.717) is 19.6 Å². The number of ether oxygens (including phenoxy) is 1. The van der Waals surface area contributed by atoms with Crippen LogP contribution < -0.4 is 22.3 Å². The van der Waals surface area contributed by atoms with Crippen molar-refractivity contribution in [2.45, 2.75) is 25.1 Å². The number of methoxy groups -OCH3 is 1. The van der Waals surface area contributed by atoms with Gasteiger partial charge < -0.3 is 15.8 Å². The lowest BCUT2D eigenvalue weighted by molar-refractivity contribution is 0.186. The van der Waals surface area contributed by atoms with Crippen molar-refractivity contribution in [2.24, 2.45) is 0 Å². The number of rotatable bonds is 8. The number of nitrogen functional groups attached to an aromatic ring is 1. The van der Waals surface area contributed by atoms with Crippen LogP contribution in [0.2, 0.25) is 0 Å². The van der Waals surface area contributed by atoms with E-state index in [9.17, 15) is 13.8 Å². The molecule has 8 nitrogen and oxygen atoms in total. The molecule has 4 N–H and O–H groups in total. The zero-order chi connectivity index (χ0) is 16.0. The molecule has 0 bridgehead atoms. The number of nitrogens with zero attached hydrogens (tertiary/aromatic N) is 1. The van der Waals surface area contributed by atoms with Crippen molar-refractivity contribution in [3.05, 3.63) is 20.8 Å². The van der Waals surface area contributed by atoms with Crippen LogP contribution in [0.15, 0.2) is 9.59 Å². The lowest BCUT2D eigenvalue weighted by Gasteiger charge is -2.14. The van der Waals surface area contributed by atoms with Crippen LogP contribution in [-0.4, -0.2) is 45.5 Å². The maximum atomic E-state index is 11.8. The first-order valence-electron chi connectivity index (χ1n) is 6.56. The van der Waals surface area contributed by atoms with Crippen molar-refractivity contribution < 1.29 is 8.95 Å². The largest absolute Gasteiger partial charge is 0.383 e. The molecule has 0 aliphatic rings. The highest BCUT2D eigenvalue weighted by Gasteiger charge is 2.12. The van der Waals surface area contributed by atoms with E-state index in [1.165, 1.54) is 11.7 Å². The third-order valence-electron chi connectivity index (χ3n) is 3.18. The molecule has 0 radical (unpaired) electrons. The predicted octanol–water partition coefficient (Wildman–Crippen LogP) is -0.666. The Labute approximate surface area is 125 Å². The van der Waals surface area contributed by atoms with Gasteiger partial charge in [-0.15, -0.1) is 0 Å². The Morgan fingerprint density at radius 1 is 1.48 bits per heavy atom. The molecule has 120 valence electrons.